The highest BCUT2D eigenvalue weighted by Crippen LogP contribution is 2.33. The molecular formula is C12H19N3O2. The Hall–Kier alpha value is -1.10. The van der Waals surface area contributed by atoms with Crippen molar-refractivity contribution in [2.45, 2.75) is 56.2 Å². The maximum atomic E-state index is 12.1. The minimum Gasteiger partial charge on any atom is -0.381 e. The first-order valence-corrected chi connectivity index (χ1v) is 6.42. The van der Waals surface area contributed by atoms with Gasteiger partial charge in [-0.2, -0.15) is 0 Å². The Kier molecular flexibility index (Phi) is 2.58. The van der Waals surface area contributed by atoms with E-state index in [1.54, 1.807) is 7.11 Å². The average molecular weight is 237 g/mol. The van der Waals surface area contributed by atoms with Crippen LogP contribution in [0.15, 0.2) is 4.99 Å². The summed E-state index contributed by atoms with van der Waals surface area (Å²) < 4.78 is 5.39. The SMILES string of the molecule is COC1CCCC2(C1)NC(=NC1CC1)NC2=O. The van der Waals surface area contributed by atoms with Gasteiger partial charge in [0.05, 0.1) is 12.1 Å². The quantitative estimate of drug-likeness (QED) is 0.737. The predicted octanol–water partition coefficient (Wildman–Crippen LogP) is 0.552. The van der Waals surface area contributed by atoms with E-state index in [1.165, 1.54) is 0 Å². The number of nitrogens with zero attached hydrogens (tertiary/aromatic N) is 1. The molecule has 17 heavy (non-hydrogen) atoms. The van der Waals surface area contributed by atoms with Gasteiger partial charge in [0.1, 0.15) is 5.54 Å². The van der Waals surface area contributed by atoms with Crippen molar-refractivity contribution < 1.29 is 9.53 Å². The van der Waals surface area contributed by atoms with Gasteiger partial charge in [-0.3, -0.25) is 10.1 Å². The molecule has 5 nitrogen and oxygen atoms in total. The van der Waals surface area contributed by atoms with Gasteiger partial charge >= 0.3 is 0 Å². The molecule has 3 rings (SSSR count). The molecule has 1 saturated heterocycles. The largest absolute Gasteiger partial charge is 0.381 e. The minimum absolute atomic E-state index is 0.0682. The summed E-state index contributed by atoms with van der Waals surface area (Å²) >= 11 is 0. The van der Waals surface area contributed by atoms with E-state index in [-0.39, 0.29) is 12.0 Å². The lowest BCUT2D eigenvalue weighted by molar-refractivity contribution is -0.126. The number of methoxy groups -OCH3 is 1. The Balaban J connectivity index is 1.75. The van der Waals surface area contributed by atoms with Crippen molar-refractivity contribution in [1.29, 1.82) is 0 Å². The normalized spacial score (nSPS) is 39.5. The number of hydrogen-bond acceptors (Lipinski definition) is 3. The van der Waals surface area contributed by atoms with Crippen molar-refractivity contribution in [3.8, 4) is 0 Å². The molecule has 94 valence electrons. The molecule has 2 saturated carbocycles. The molecule has 2 unspecified atom stereocenters. The van der Waals surface area contributed by atoms with E-state index in [0.29, 0.717) is 12.0 Å². The summed E-state index contributed by atoms with van der Waals surface area (Å²) in [4.78, 5) is 16.6. The van der Waals surface area contributed by atoms with E-state index in [4.69, 9.17) is 4.74 Å². The maximum Gasteiger partial charge on any atom is 0.252 e. The van der Waals surface area contributed by atoms with E-state index in [1.807, 2.05) is 0 Å². The first-order valence-electron chi connectivity index (χ1n) is 6.42. The molecule has 1 aliphatic heterocycles. The maximum absolute atomic E-state index is 12.1. The van der Waals surface area contributed by atoms with E-state index in [2.05, 4.69) is 15.6 Å². The van der Waals surface area contributed by atoms with Crippen molar-refractivity contribution in [2.75, 3.05) is 7.11 Å². The molecule has 2 N–H and O–H groups in total. The first kappa shape index (κ1) is 11.0. The van der Waals surface area contributed by atoms with Gasteiger partial charge in [-0.1, -0.05) is 0 Å². The number of ether oxygens (including phenoxy) is 1. The second-order valence-electron chi connectivity index (χ2n) is 5.32. The number of guanidine groups is 1. The number of amides is 1. The molecule has 2 aliphatic carbocycles. The fraction of sp³-hybridized carbons (Fsp3) is 0.833. The van der Waals surface area contributed by atoms with Crippen molar-refractivity contribution >= 4 is 11.9 Å². The number of hydrogen-bond donors (Lipinski definition) is 2. The van der Waals surface area contributed by atoms with E-state index in [9.17, 15) is 4.79 Å². The lowest BCUT2D eigenvalue weighted by atomic mass is 9.80. The monoisotopic (exact) mass is 237 g/mol. The van der Waals surface area contributed by atoms with Gasteiger partial charge in [0.15, 0.2) is 5.96 Å². The minimum atomic E-state index is -0.466. The molecule has 0 aromatic heterocycles. The summed E-state index contributed by atoms with van der Waals surface area (Å²) in [5.41, 5.74) is -0.466. The Morgan fingerprint density at radius 1 is 1.41 bits per heavy atom. The number of nitrogens with one attached hydrogen (secondary N) is 2. The van der Waals surface area contributed by atoms with Crippen molar-refractivity contribution in [2.24, 2.45) is 4.99 Å². The smallest absolute Gasteiger partial charge is 0.252 e. The van der Waals surface area contributed by atoms with E-state index >= 15 is 0 Å². The fourth-order valence-electron chi connectivity index (χ4n) is 2.74. The summed E-state index contributed by atoms with van der Waals surface area (Å²) in [5.74, 6) is 0.743. The molecule has 1 heterocycles. The summed E-state index contributed by atoms with van der Waals surface area (Å²) in [6.45, 7) is 0. The zero-order valence-electron chi connectivity index (χ0n) is 10.2. The molecule has 0 bridgehead atoms. The van der Waals surface area contributed by atoms with Crippen molar-refractivity contribution in [1.82, 2.24) is 10.6 Å². The van der Waals surface area contributed by atoms with Crippen LogP contribution >= 0.6 is 0 Å². The van der Waals surface area contributed by atoms with Gasteiger partial charge in [-0.05, 0) is 32.1 Å². The number of rotatable bonds is 2. The highest BCUT2D eigenvalue weighted by Gasteiger charge is 2.48. The molecule has 3 aliphatic rings. The van der Waals surface area contributed by atoms with Crippen LogP contribution in [0.25, 0.3) is 0 Å². The van der Waals surface area contributed by atoms with Crippen LogP contribution in [0, 0.1) is 0 Å². The highest BCUT2D eigenvalue weighted by atomic mass is 16.5. The lowest BCUT2D eigenvalue weighted by Gasteiger charge is -2.34. The molecule has 5 heteroatoms. The van der Waals surface area contributed by atoms with Crippen LogP contribution < -0.4 is 10.6 Å². The van der Waals surface area contributed by atoms with Crippen molar-refractivity contribution in [3.63, 3.8) is 0 Å². The van der Waals surface area contributed by atoms with E-state index in [0.717, 1.165) is 38.5 Å². The summed E-state index contributed by atoms with van der Waals surface area (Å²) in [7, 11) is 1.72. The van der Waals surface area contributed by atoms with Crippen LogP contribution in [-0.4, -0.2) is 36.7 Å². The molecule has 2 atom stereocenters. The predicted molar refractivity (Wildman–Crippen MR) is 63.7 cm³/mol. The average Bonchev–Trinajstić information content (AvgIpc) is 3.08. The van der Waals surface area contributed by atoms with Crippen LogP contribution in [0.3, 0.4) is 0 Å². The molecular weight excluding hydrogens is 218 g/mol. The van der Waals surface area contributed by atoms with Gasteiger partial charge in [-0.25, -0.2) is 4.99 Å². The molecule has 1 spiro atoms. The lowest BCUT2D eigenvalue weighted by Crippen LogP contribution is -2.51. The zero-order chi connectivity index (χ0) is 11.9. The standard InChI is InChI=1S/C12H19N3O2/c1-17-9-3-2-6-12(7-9)10(16)14-11(15-12)13-8-4-5-8/h8-9H,2-7H2,1H3,(H2,13,14,15,16). The van der Waals surface area contributed by atoms with Crippen molar-refractivity contribution in [3.05, 3.63) is 0 Å². The number of carbonyl (C=O) groups is 1. The topological polar surface area (TPSA) is 62.7 Å². The third-order valence-electron chi connectivity index (χ3n) is 3.92. The summed E-state index contributed by atoms with van der Waals surface area (Å²) in [6, 6.07) is 0.426. The number of aliphatic imine (C=N–C) groups is 1. The van der Waals surface area contributed by atoms with Crippen LogP contribution in [0.4, 0.5) is 0 Å². The molecule has 0 radical (unpaired) electrons. The van der Waals surface area contributed by atoms with Crippen LogP contribution in [0.2, 0.25) is 0 Å². The van der Waals surface area contributed by atoms with Crippen LogP contribution in [0.5, 0.6) is 0 Å². The van der Waals surface area contributed by atoms with Gasteiger partial charge in [-0.15, -0.1) is 0 Å². The van der Waals surface area contributed by atoms with Crippen LogP contribution in [0.1, 0.15) is 38.5 Å². The first-order chi connectivity index (χ1) is 8.22. The van der Waals surface area contributed by atoms with E-state index < -0.39 is 5.54 Å². The molecule has 1 amide bonds. The second kappa shape index (κ2) is 3.98. The number of carbonyl (C=O) groups excluding carboxylic acids is 1. The molecule has 0 aromatic carbocycles. The van der Waals surface area contributed by atoms with Gasteiger partial charge < -0.3 is 10.1 Å². The van der Waals surface area contributed by atoms with Crippen LogP contribution in [-0.2, 0) is 9.53 Å². The van der Waals surface area contributed by atoms with Gasteiger partial charge in [0, 0.05) is 13.5 Å². The molecule has 0 aromatic rings. The zero-order valence-corrected chi connectivity index (χ0v) is 10.2. The second-order valence-corrected chi connectivity index (χ2v) is 5.32. The summed E-state index contributed by atoms with van der Waals surface area (Å²) in [6.07, 6.45) is 6.17. The van der Waals surface area contributed by atoms with Gasteiger partial charge in [0.2, 0.25) is 0 Å². The third kappa shape index (κ3) is 2.04. The molecule has 3 fully saturated rings. The Labute approximate surface area is 101 Å². The third-order valence-corrected chi connectivity index (χ3v) is 3.92. The highest BCUT2D eigenvalue weighted by molar-refractivity contribution is 6.09. The Morgan fingerprint density at radius 3 is 2.94 bits per heavy atom. The fourth-order valence-corrected chi connectivity index (χ4v) is 2.74. The van der Waals surface area contributed by atoms with Gasteiger partial charge in [0.25, 0.3) is 5.91 Å². The summed E-state index contributed by atoms with van der Waals surface area (Å²) in [5, 5.41) is 6.18. The Bertz CT molecular complexity index is 365. The Morgan fingerprint density at radius 2 is 2.24 bits per heavy atom.